The van der Waals surface area contributed by atoms with E-state index in [4.69, 9.17) is 17.0 Å². The molecular formula is C20H23N5O3S. The molecule has 29 heavy (non-hydrogen) atoms. The molecule has 0 saturated carbocycles. The van der Waals surface area contributed by atoms with Gasteiger partial charge in [0.1, 0.15) is 0 Å². The Morgan fingerprint density at radius 1 is 1.21 bits per heavy atom. The normalized spacial score (nSPS) is 13.1. The van der Waals surface area contributed by atoms with E-state index in [1.807, 2.05) is 12.1 Å². The zero-order valence-corrected chi connectivity index (χ0v) is 16.9. The fourth-order valence-corrected chi connectivity index (χ4v) is 3.19. The summed E-state index contributed by atoms with van der Waals surface area (Å²) in [5, 5.41) is 9.77. The van der Waals surface area contributed by atoms with Gasteiger partial charge in [0.2, 0.25) is 0 Å². The third-order valence-electron chi connectivity index (χ3n) is 4.29. The predicted octanol–water partition coefficient (Wildman–Crippen LogP) is 2.79. The van der Waals surface area contributed by atoms with E-state index < -0.39 is 5.97 Å². The first-order chi connectivity index (χ1) is 14.1. The minimum absolute atomic E-state index is 0.293. The highest BCUT2D eigenvalue weighted by Crippen LogP contribution is 2.16. The molecule has 1 aromatic carbocycles. The van der Waals surface area contributed by atoms with E-state index in [-0.39, 0.29) is 6.03 Å². The number of urea groups is 1. The van der Waals surface area contributed by atoms with Crippen LogP contribution >= 0.6 is 12.2 Å². The van der Waals surface area contributed by atoms with Crippen LogP contribution in [-0.4, -0.2) is 51.8 Å². The molecule has 0 unspecified atom stereocenters. The Bertz CT molecular complexity index is 877. The van der Waals surface area contributed by atoms with Gasteiger partial charge in [-0.25, -0.2) is 14.6 Å². The number of anilines is 1. The van der Waals surface area contributed by atoms with Crippen molar-refractivity contribution in [2.24, 2.45) is 0 Å². The number of amides is 2. The predicted molar refractivity (Wildman–Crippen MR) is 113 cm³/mol. The van der Waals surface area contributed by atoms with Gasteiger partial charge in [0, 0.05) is 37.7 Å². The summed E-state index contributed by atoms with van der Waals surface area (Å²) in [5.41, 5.74) is 1.90. The molecule has 8 nitrogen and oxygen atoms in total. The zero-order valence-electron chi connectivity index (χ0n) is 16.1. The molecule has 0 radical (unpaired) electrons. The van der Waals surface area contributed by atoms with Crippen molar-refractivity contribution >= 4 is 35.0 Å². The van der Waals surface area contributed by atoms with Crippen molar-refractivity contribution in [2.75, 3.05) is 25.0 Å². The van der Waals surface area contributed by atoms with Crippen LogP contribution in [0.2, 0.25) is 0 Å². The van der Waals surface area contributed by atoms with Gasteiger partial charge in [0.25, 0.3) is 0 Å². The van der Waals surface area contributed by atoms with Crippen LogP contribution in [0, 0.1) is 0 Å². The Labute approximate surface area is 174 Å². The summed E-state index contributed by atoms with van der Waals surface area (Å²) in [4.78, 5) is 28.7. The second-order valence-electron chi connectivity index (χ2n) is 6.35. The SMILES string of the molecule is CCOC(=O)c1cccc(NC(=O)N2CCCN2C(=S)NCc2cccnc2)c1. The molecule has 0 atom stereocenters. The summed E-state index contributed by atoms with van der Waals surface area (Å²) in [6.07, 6.45) is 4.29. The number of ether oxygens (including phenoxy) is 1. The lowest BCUT2D eigenvalue weighted by Crippen LogP contribution is -2.50. The van der Waals surface area contributed by atoms with Crippen molar-refractivity contribution in [1.29, 1.82) is 0 Å². The lowest BCUT2D eigenvalue weighted by atomic mass is 10.2. The number of carbonyl (C=O) groups is 2. The molecule has 2 heterocycles. The van der Waals surface area contributed by atoms with Gasteiger partial charge in [0.15, 0.2) is 5.11 Å². The first kappa shape index (κ1) is 20.5. The summed E-state index contributed by atoms with van der Waals surface area (Å²) < 4.78 is 5.00. The fourth-order valence-electron chi connectivity index (χ4n) is 2.93. The van der Waals surface area contributed by atoms with Crippen molar-refractivity contribution in [1.82, 2.24) is 20.3 Å². The molecule has 1 fully saturated rings. The number of hydrogen-bond donors (Lipinski definition) is 2. The molecular weight excluding hydrogens is 390 g/mol. The van der Waals surface area contributed by atoms with E-state index in [1.54, 1.807) is 53.6 Å². The number of pyridine rings is 1. The van der Waals surface area contributed by atoms with Crippen molar-refractivity contribution in [3.63, 3.8) is 0 Å². The number of aromatic nitrogens is 1. The van der Waals surface area contributed by atoms with Crippen LogP contribution in [-0.2, 0) is 11.3 Å². The van der Waals surface area contributed by atoms with Crippen LogP contribution in [0.1, 0.15) is 29.3 Å². The van der Waals surface area contributed by atoms with Gasteiger partial charge >= 0.3 is 12.0 Å². The standard InChI is InChI=1S/C20H23N5O3S/c1-2-28-18(26)16-7-3-8-17(12-16)23-19(27)24-10-5-11-25(24)20(29)22-14-15-6-4-9-21-13-15/h3-4,6-9,12-13H,2,5,10-11,14H2,1H3,(H,22,29)(H,23,27). The van der Waals surface area contributed by atoms with Crippen LogP contribution in [0.25, 0.3) is 0 Å². The molecule has 1 saturated heterocycles. The highest BCUT2D eigenvalue weighted by Gasteiger charge is 2.28. The lowest BCUT2D eigenvalue weighted by Gasteiger charge is -2.30. The number of hydrogen-bond acceptors (Lipinski definition) is 5. The lowest BCUT2D eigenvalue weighted by molar-refractivity contribution is 0.0526. The average molecular weight is 414 g/mol. The summed E-state index contributed by atoms with van der Waals surface area (Å²) in [6.45, 7) is 3.77. The Balaban J connectivity index is 1.60. The third-order valence-corrected chi connectivity index (χ3v) is 4.65. The van der Waals surface area contributed by atoms with Crippen molar-refractivity contribution in [3.05, 3.63) is 59.9 Å². The van der Waals surface area contributed by atoms with Gasteiger partial charge in [-0.05, 0) is 55.4 Å². The first-order valence-corrected chi connectivity index (χ1v) is 9.79. The summed E-state index contributed by atoms with van der Waals surface area (Å²) in [5.74, 6) is -0.424. The highest BCUT2D eigenvalue weighted by atomic mass is 32.1. The maximum atomic E-state index is 12.8. The molecule has 9 heteroatoms. The topological polar surface area (TPSA) is 86.8 Å². The maximum Gasteiger partial charge on any atom is 0.340 e. The molecule has 0 spiro atoms. The minimum Gasteiger partial charge on any atom is -0.462 e. The van der Waals surface area contributed by atoms with E-state index in [2.05, 4.69) is 15.6 Å². The Morgan fingerprint density at radius 2 is 2.03 bits per heavy atom. The zero-order chi connectivity index (χ0) is 20.6. The van der Waals surface area contributed by atoms with Crippen LogP contribution < -0.4 is 10.6 Å². The number of esters is 1. The van der Waals surface area contributed by atoms with Crippen molar-refractivity contribution in [2.45, 2.75) is 19.9 Å². The van der Waals surface area contributed by atoms with Gasteiger partial charge in [-0.1, -0.05) is 12.1 Å². The molecule has 1 aromatic heterocycles. The third kappa shape index (κ3) is 5.41. The van der Waals surface area contributed by atoms with E-state index in [9.17, 15) is 9.59 Å². The van der Waals surface area contributed by atoms with E-state index >= 15 is 0 Å². The number of nitrogens with one attached hydrogen (secondary N) is 2. The molecule has 152 valence electrons. The number of benzene rings is 1. The van der Waals surface area contributed by atoms with E-state index in [0.717, 1.165) is 12.0 Å². The Kier molecular flexibility index (Phi) is 6.96. The van der Waals surface area contributed by atoms with E-state index in [1.165, 1.54) is 0 Å². The minimum atomic E-state index is -0.424. The Morgan fingerprint density at radius 3 is 2.79 bits per heavy atom. The van der Waals surface area contributed by atoms with Gasteiger partial charge in [0.05, 0.1) is 12.2 Å². The molecule has 0 aliphatic carbocycles. The molecule has 3 rings (SSSR count). The van der Waals surface area contributed by atoms with Crippen LogP contribution in [0.3, 0.4) is 0 Å². The monoisotopic (exact) mass is 413 g/mol. The average Bonchev–Trinajstić information content (AvgIpc) is 3.23. The van der Waals surface area contributed by atoms with E-state index in [0.29, 0.717) is 42.6 Å². The van der Waals surface area contributed by atoms with Gasteiger partial charge in [-0.3, -0.25) is 9.99 Å². The summed E-state index contributed by atoms with van der Waals surface area (Å²) in [6, 6.07) is 10.2. The summed E-state index contributed by atoms with van der Waals surface area (Å²) >= 11 is 5.47. The Hall–Kier alpha value is -3.20. The number of carbonyl (C=O) groups excluding carboxylic acids is 2. The number of hydrazine groups is 1. The molecule has 2 amide bonds. The first-order valence-electron chi connectivity index (χ1n) is 9.38. The fraction of sp³-hybridized carbons (Fsp3) is 0.300. The second kappa shape index (κ2) is 9.83. The van der Waals surface area contributed by atoms with Gasteiger partial charge < -0.3 is 15.4 Å². The van der Waals surface area contributed by atoms with Crippen molar-refractivity contribution < 1.29 is 14.3 Å². The molecule has 1 aliphatic rings. The number of thiocarbonyl (C=S) groups is 1. The second-order valence-corrected chi connectivity index (χ2v) is 6.74. The summed E-state index contributed by atoms with van der Waals surface area (Å²) in [7, 11) is 0. The number of rotatable bonds is 5. The largest absolute Gasteiger partial charge is 0.462 e. The van der Waals surface area contributed by atoms with Gasteiger partial charge in [-0.2, -0.15) is 0 Å². The number of nitrogens with zero attached hydrogens (tertiary/aromatic N) is 3. The quantitative estimate of drug-likeness (QED) is 0.576. The van der Waals surface area contributed by atoms with Crippen LogP contribution in [0.4, 0.5) is 10.5 Å². The van der Waals surface area contributed by atoms with Gasteiger partial charge in [-0.15, -0.1) is 0 Å². The van der Waals surface area contributed by atoms with Crippen molar-refractivity contribution in [3.8, 4) is 0 Å². The molecule has 2 N–H and O–H groups in total. The van der Waals surface area contributed by atoms with Crippen LogP contribution in [0.15, 0.2) is 48.8 Å². The highest BCUT2D eigenvalue weighted by molar-refractivity contribution is 7.80. The molecule has 2 aromatic rings. The maximum absolute atomic E-state index is 12.8. The van der Waals surface area contributed by atoms with Crippen LogP contribution in [0.5, 0.6) is 0 Å². The molecule has 1 aliphatic heterocycles. The smallest absolute Gasteiger partial charge is 0.340 e. The molecule has 0 bridgehead atoms.